The molecule has 0 spiro atoms. The van der Waals surface area contributed by atoms with Crippen LogP contribution < -0.4 is 11.1 Å². The first-order chi connectivity index (χ1) is 12.8. The molecule has 0 bridgehead atoms. The lowest BCUT2D eigenvalue weighted by Gasteiger charge is -2.20. The molecule has 2 aromatic rings. The van der Waals surface area contributed by atoms with Crippen molar-refractivity contribution < 1.29 is 23.6 Å². The van der Waals surface area contributed by atoms with Gasteiger partial charge in [-0.05, 0) is 17.2 Å². The number of amides is 2. The number of ether oxygens (including phenoxy) is 1. The number of nitro benzene ring substituents is 1. The van der Waals surface area contributed by atoms with E-state index in [1.807, 2.05) is 0 Å². The molecule has 0 radical (unpaired) electrons. The van der Waals surface area contributed by atoms with Crippen LogP contribution in [-0.2, 0) is 20.7 Å². The summed E-state index contributed by atoms with van der Waals surface area (Å²) in [5, 5.41) is 13.3. The fourth-order valence-corrected chi connectivity index (χ4v) is 2.55. The van der Waals surface area contributed by atoms with E-state index in [1.54, 1.807) is 30.3 Å². The van der Waals surface area contributed by atoms with E-state index in [0.29, 0.717) is 5.56 Å². The maximum absolute atomic E-state index is 13.4. The zero-order chi connectivity index (χ0) is 20.0. The number of nitro groups is 1. The fourth-order valence-electron chi connectivity index (χ4n) is 2.55. The monoisotopic (exact) mass is 375 g/mol. The van der Waals surface area contributed by atoms with E-state index in [4.69, 9.17) is 10.5 Å². The van der Waals surface area contributed by atoms with Crippen LogP contribution in [0, 0.1) is 15.9 Å². The summed E-state index contributed by atoms with van der Waals surface area (Å²) in [5.41, 5.74) is 5.48. The Labute approximate surface area is 154 Å². The molecule has 0 aliphatic rings. The van der Waals surface area contributed by atoms with Crippen molar-refractivity contribution in [1.82, 2.24) is 5.32 Å². The first kappa shape index (κ1) is 20.0. The molecule has 9 heteroatoms. The van der Waals surface area contributed by atoms with Crippen LogP contribution in [0.4, 0.5) is 10.1 Å². The van der Waals surface area contributed by atoms with E-state index in [2.05, 4.69) is 5.32 Å². The van der Waals surface area contributed by atoms with E-state index in [-0.39, 0.29) is 12.0 Å². The Morgan fingerprint density at radius 3 is 2.48 bits per heavy atom. The van der Waals surface area contributed by atoms with Gasteiger partial charge < -0.3 is 15.8 Å². The third-order valence-electron chi connectivity index (χ3n) is 3.88. The van der Waals surface area contributed by atoms with Crippen molar-refractivity contribution >= 4 is 17.5 Å². The number of nitrogens with two attached hydrogens (primary N) is 1. The molecule has 0 aliphatic heterocycles. The first-order valence-corrected chi connectivity index (χ1v) is 7.93. The standard InChI is InChI=1S/C18H18FN3O5/c1-27-16(12-5-3-2-4-6-12)18(24)21-14(17(20)23)9-11-7-8-13(19)15(10-11)22(25)26/h2-8,10,14,16H,9H2,1H3,(H2,20,23)(H,21,24)/t14-,16-/m1/s1. The zero-order valence-electron chi connectivity index (χ0n) is 14.4. The highest BCUT2D eigenvalue weighted by Gasteiger charge is 2.26. The summed E-state index contributed by atoms with van der Waals surface area (Å²) in [6, 6.07) is 10.7. The van der Waals surface area contributed by atoms with Crippen molar-refractivity contribution in [2.75, 3.05) is 7.11 Å². The minimum atomic E-state index is -1.15. The van der Waals surface area contributed by atoms with Gasteiger partial charge in [-0.1, -0.05) is 36.4 Å². The van der Waals surface area contributed by atoms with Gasteiger partial charge in [0.2, 0.25) is 11.7 Å². The molecule has 142 valence electrons. The number of halogens is 1. The molecule has 0 heterocycles. The Balaban J connectivity index is 2.18. The number of primary amides is 1. The number of nitrogens with zero attached hydrogens (tertiary/aromatic N) is 1. The normalized spacial score (nSPS) is 12.8. The summed E-state index contributed by atoms with van der Waals surface area (Å²) in [7, 11) is 1.35. The van der Waals surface area contributed by atoms with Gasteiger partial charge in [0, 0.05) is 19.6 Å². The minimum absolute atomic E-state index is 0.132. The second-order valence-electron chi connectivity index (χ2n) is 5.74. The predicted octanol–water partition coefficient (Wildman–Crippen LogP) is 1.63. The maximum atomic E-state index is 13.4. The van der Waals surface area contributed by atoms with Gasteiger partial charge in [-0.2, -0.15) is 4.39 Å². The number of hydrogen-bond donors (Lipinski definition) is 2. The predicted molar refractivity (Wildman–Crippen MR) is 94.1 cm³/mol. The van der Waals surface area contributed by atoms with E-state index in [1.165, 1.54) is 13.2 Å². The summed E-state index contributed by atoms with van der Waals surface area (Å²) in [4.78, 5) is 34.2. The van der Waals surface area contributed by atoms with Crippen molar-refractivity contribution in [3.05, 3.63) is 75.6 Å². The zero-order valence-corrected chi connectivity index (χ0v) is 14.4. The molecule has 0 aliphatic carbocycles. The number of rotatable bonds is 8. The van der Waals surface area contributed by atoms with Crippen molar-refractivity contribution in [3.8, 4) is 0 Å². The number of carbonyl (C=O) groups excluding carboxylic acids is 2. The second-order valence-corrected chi connectivity index (χ2v) is 5.74. The highest BCUT2D eigenvalue weighted by Crippen LogP contribution is 2.20. The molecular weight excluding hydrogens is 357 g/mol. The summed E-state index contributed by atoms with van der Waals surface area (Å²) in [6.07, 6.45) is -1.09. The van der Waals surface area contributed by atoms with Gasteiger partial charge in [-0.3, -0.25) is 19.7 Å². The third-order valence-corrected chi connectivity index (χ3v) is 3.88. The molecule has 2 atom stereocenters. The molecule has 0 fully saturated rings. The number of benzene rings is 2. The van der Waals surface area contributed by atoms with Crippen LogP contribution in [0.5, 0.6) is 0 Å². The Bertz CT molecular complexity index is 844. The Kier molecular flexibility index (Phi) is 6.56. The van der Waals surface area contributed by atoms with Crippen LogP contribution in [0.2, 0.25) is 0 Å². The van der Waals surface area contributed by atoms with Gasteiger partial charge in [-0.25, -0.2) is 0 Å². The van der Waals surface area contributed by atoms with Crippen molar-refractivity contribution in [2.45, 2.75) is 18.6 Å². The van der Waals surface area contributed by atoms with Gasteiger partial charge in [0.25, 0.3) is 5.91 Å². The topological polar surface area (TPSA) is 125 Å². The molecule has 27 heavy (non-hydrogen) atoms. The third kappa shape index (κ3) is 5.08. The molecule has 2 amide bonds. The summed E-state index contributed by atoms with van der Waals surface area (Å²) < 4.78 is 18.6. The fraction of sp³-hybridized carbons (Fsp3) is 0.222. The average Bonchev–Trinajstić information content (AvgIpc) is 2.63. The minimum Gasteiger partial charge on any atom is -0.368 e. The first-order valence-electron chi connectivity index (χ1n) is 7.93. The largest absolute Gasteiger partial charge is 0.368 e. The van der Waals surface area contributed by atoms with Crippen LogP contribution in [0.1, 0.15) is 17.2 Å². The Morgan fingerprint density at radius 2 is 1.93 bits per heavy atom. The average molecular weight is 375 g/mol. The lowest BCUT2D eigenvalue weighted by atomic mass is 10.0. The van der Waals surface area contributed by atoms with Gasteiger partial charge in [0.05, 0.1) is 4.92 Å². The van der Waals surface area contributed by atoms with Gasteiger partial charge >= 0.3 is 5.69 Å². The number of nitrogens with one attached hydrogen (secondary N) is 1. The van der Waals surface area contributed by atoms with Crippen LogP contribution in [0.3, 0.4) is 0 Å². The SMILES string of the molecule is CO[C@@H](C(=O)N[C@H](Cc1ccc(F)c([N+](=O)[O-])c1)C(N)=O)c1ccccc1. The summed E-state index contributed by atoms with van der Waals surface area (Å²) >= 11 is 0. The van der Waals surface area contributed by atoms with Crippen molar-refractivity contribution in [2.24, 2.45) is 5.73 Å². The lowest BCUT2D eigenvalue weighted by molar-refractivity contribution is -0.387. The highest BCUT2D eigenvalue weighted by atomic mass is 19.1. The number of hydrogen-bond acceptors (Lipinski definition) is 5. The highest BCUT2D eigenvalue weighted by molar-refractivity contribution is 5.89. The van der Waals surface area contributed by atoms with Crippen LogP contribution in [0.15, 0.2) is 48.5 Å². The van der Waals surface area contributed by atoms with Gasteiger partial charge in [0.1, 0.15) is 6.04 Å². The number of carbonyl (C=O) groups is 2. The molecule has 0 unspecified atom stereocenters. The quantitative estimate of drug-likeness (QED) is 0.536. The molecule has 0 aromatic heterocycles. The van der Waals surface area contributed by atoms with Crippen molar-refractivity contribution in [1.29, 1.82) is 0 Å². The Morgan fingerprint density at radius 1 is 1.26 bits per heavy atom. The van der Waals surface area contributed by atoms with Gasteiger partial charge in [0.15, 0.2) is 6.10 Å². The van der Waals surface area contributed by atoms with E-state index < -0.39 is 40.4 Å². The molecule has 0 saturated carbocycles. The van der Waals surface area contributed by atoms with Crippen LogP contribution in [0.25, 0.3) is 0 Å². The van der Waals surface area contributed by atoms with Crippen LogP contribution in [-0.4, -0.2) is 29.9 Å². The molecule has 8 nitrogen and oxygen atoms in total. The molecular formula is C18H18FN3O5. The lowest BCUT2D eigenvalue weighted by Crippen LogP contribution is -2.47. The van der Waals surface area contributed by atoms with E-state index >= 15 is 0 Å². The Hall–Kier alpha value is -3.33. The molecule has 2 rings (SSSR count). The van der Waals surface area contributed by atoms with Crippen LogP contribution >= 0.6 is 0 Å². The molecule has 0 saturated heterocycles. The summed E-state index contributed by atoms with van der Waals surface area (Å²) in [5.74, 6) is -2.42. The molecule has 2 aromatic carbocycles. The van der Waals surface area contributed by atoms with Crippen molar-refractivity contribution in [3.63, 3.8) is 0 Å². The smallest absolute Gasteiger partial charge is 0.305 e. The van der Waals surface area contributed by atoms with E-state index in [0.717, 1.165) is 12.1 Å². The van der Waals surface area contributed by atoms with E-state index in [9.17, 15) is 24.1 Å². The second kappa shape index (κ2) is 8.86. The number of methoxy groups -OCH3 is 1. The van der Waals surface area contributed by atoms with Gasteiger partial charge in [-0.15, -0.1) is 0 Å². The maximum Gasteiger partial charge on any atom is 0.305 e. The molecule has 3 N–H and O–H groups in total. The summed E-state index contributed by atoms with van der Waals surface area (Å²) in [6.45, 7) is 0.